The molecule has 0 aliphatic heterocycles. The Kier molecular flexibility index (Phi) is 4.03. The molecule has 16 heavy (non-hydrogen) atoms. The van der Waals surface area contributed by atoms with Gasteiger partial charge in [-0.05, 0) is 12.1 Å². The van der Waals surface area contributed by atoms with Crippen LogP contribution in [0.3, 0.4) is 0 Å². The number of ketones is 1. The van der Waals surface area contributed by atoms with Crippen molar-refractivity contribution in [3.05, 3.63) is 28.8 Å². The fourth-order valence-electron chi connectivity index (χ4n) is 1.26. The molecule has 0 aromatic heterocycles. The van der Waals surface area contributed by atoms with Crippen molar-refractivity contribution in [1.82, 2.24) is 0 Å². The fraction of sp³-hybridized carbons (Fsp3) is 0.182. The van der Waals surface area contributed by atoms with Crippen molar-refractivity contribution < 1.29 is 14.3 Å². The Bertz CT molecular complexity index is 477. The molecule has 1 aromatic carbocycles. The summed E-state index contributed by atoms with van der Waals surface area (Å²) in [5.41, 5.74) is 0.260. The number of ether oxygens (including phenoxy) is 1. The van der Waals surface area contributed by atoms with Gasteiger partial charge in [0.05, 0.1) is 18.6 Å². The zero-order valence-electron chi connectivity index (χ0n) is 8.49. The smallest absolute Gasteiger partial charge is 0.179 e. The van der Waals surface area contributed by atoms with Gasteiger partial charge in [0, 0.05) is 11.1 Å². The number of benzene rings is 1. The SMILES string of the molecule is COc1cc(C=O)c(C#N)c(C(=O)CCl)c1. The molecule has 1 rings (SSSR count). The van der Waals surface area contributed by atoms with Gasteiger partial charge >= 0.3 is 0 Å². The van der Waals surface area contributed by atoms with Crippen LogP contribution >= 0.6 is 11.6 Å². The summed E-state index contributed by atoms with van der Waals surface area (Å²) in [5, 5.41) is 8.89. The quantitative estimate of drug-likeness (QED) is 0.455. The van der Waals surface area contributed by atoms with E-state index in [-0.39, 0.29) is 22.6 Å². The van der Waals surface area contributed by atoms with E-state index in [4.69, 9.17) is 21.6 Å². The van der Waals surface area contributed by atoms with Gasteiger partial charge in [-0.15, -0.1) is 11.6 Å². The number of hydrogen-bond donors (Lipinski definition) is 0. The van der Waals surface area contributed by atoms with Gasteiger partial charge in [0.25, 0.3) is 0 Å². The average molecular weight is 238 g/mol. The van der Waals surface area contributed by atoms with Crippen molar-refractivity contribution in [2.24, 2.45) is 0 Å². The number of rotatable bonds is 4. The predicted octanol–water partition coefficient (Wildman–Crippen LogP) is 1.80. The molecule has 0 unspecified atom stereocenters. The van der Waals surface area contributed by atoms with Gasteiger partial charge in [-0.25, -0.2) is 0 Å². The van der Waals surface area contributed by atoms with E-state index in [9.17, 15) is 9.59 Å². The Hall–Kier alpha value is -1.86. The molecule has 0 saturated heterocycles. The molecule has 0 amide bonds. The van der Waals surface area contributed by atoms with Crippen LogP contribution in [0.15, 0.2) is 12.1 Å². The lowest BCUT2D eigenvalue weighted by Gasteiger charge is -2.07. The van der Waals surface area contributed by atoms with E-state index < -0.39 is 5.78 Å². The Morgan fingerprint density at radius 2 is 2.31 bits per heavy atom. The van der Waals surface area contributed by atoms with Crippen molar-refractivity contribution >= 4 is 23.7 Å². The summed E-state index contributed by atoms with van der Waals surface area (Å²) in [7, 11) is 1.41. The molecule has 0 fully saturated rings. The van der Waals surface area contributed by atoms with E-state index in [0.717, 1.165) is 0 Å². The summed E-state index contributed by atoms with van der Waals surface area (Å²) in [6.07, 6.45) is 0.506. The second-order valence-electron chi connectivity index (χ2n) is 2.93. The zero-order valence-corrected chi connectivity index (χ0v) is 9.25. The first kappa shape index (κ1) is 12.2. The Labute approximate surface area is 97.4 Å². The van der Waals surface area contributed by atoms with Crippen molar-refractivity contribution in [2.45, 2.75) is 0 Å². The van der Waals surface area contributed by atoms with Gasteiger partial charge in [-0.1, -0.05) is 0 Å². The molecule has 0 atom stereocenters. The number of carbonyl (C=O) groups excluding carboxylic acids is 2. The fourth-order valence-corrected chi connectivity index (χ4v) is 1.41. The third-order valence-corrected chi connectivity index (χ3v) is 2.28. The topological polar surface area (TPSA) is 67.2 Å². The van der Waals surface area contributed by atoms with Gasteiger partial charge in [0.1, 0.15) is 11.8 Å². The van der Waals surface area contributed by atoms with Crippen LogP contribution in [0.2, 0.25) is 0 Å². The number of nitriles is 1. The van der Waals surface area contributed by atoms with Crippen molar-refractivity contribution in [3.8, 4) is 11.8 Å². The Balaban J connectivity index is 3.50. The highest BCUT2D eigenvalue weighted by Crippen LogP contribution is 2.22. The summed E-state index contributed by atoms with van der Waals surface area (Å²) >= 11 is 5.42. The molecule has 0 aliphatic carbocycles. The number of aldehydes is 1. The van der Waals surface area contributed by atoms with Gasteiger partial charge < -0.3 is 4.74 Å². The van der Waals surface area contributed by atoms with Crippen LogP contribution in [-0.4, -0.2) is 25.1 Å². The monoisotopic (exact) mass is 237 g/mol. The number of nitrogens with zero attached hydrogens (tertiary/aromatic N) is 1. The number of halogens is 1. The normalized spacial score (nSPS) is 9.31. The summed E-state index contributed by atoms with van der Waals surface area (Å²) in [6, 6.07) is 4.61. The van der Waals surface area contributed by atoms with E-state index >= 15 is 0 Å². The predicted molar refractivity (Wildman–Crippen MR) is 58.1 cm³/mol. The molecule has 0 aliphatic rings. The first-order valence-electron chi connectivity index (χ1n) is 4.34. The number of methoxy groups -OCH3 is 1. The van der Waals surface area contributed by atoms with Crippen LogP contribution in [0.1, 0.15) is 26.3 Å². The second kappa shape index (κ2) is 5.29. The van der Waals surface area contributed by atoms with Crippen molar-refractivity contribution in [2.75, 3.05) is 13.0 Å². The third-order valence-electron chi connectivity index (χ3n) is 2.04. The molecule has 82 valence electrons. The molecular weight excluding hydrogens is 230 g/mol. The standard InChI is InChI=1S/C11H8ClNO3/c1-16-8-2-7(6-14)10(5-13)9(3-8)11(15)4-12/h2-3,6H,4H2,1H3. The molecule has 1 aromatic rings. The molecule has 0 bridgehead atoms. The maximum atomic E-state index is 11.5. The van der Waals surface area contributed by atoms with E-state index in [1.807, 2.05) is 6.07 Å². The highest BCUT2D eigenvalue weighted by atomic mass is 35.5. The third kappa shape index (κ3) is 2.20. The van der Waals surface area contributed by atoms with Crippen LogP contribution in [0.25, 0.3) is 0 Å². The van der Waals surface area contributed by atoms with Crippen molar-refractivity contribution in [3.63, 3.8) is 0 Å². The molecule has 0 saturated carbocycles. The van der Waals surface area contributed by atoms with Crippen molar-refractivity contribution in [1.29, 1.82) is 5.26 Å². The van der Waals surface area contributed by atoms with Gasteiger partial charge in [0.2, 0.25) is 0 Å². The first-order chi connectivity index (χ1) is 7.67. The first-order valence-corrected chi connectivity index (χ1v) is 4.87. The molecule has 0 N–H and O–H groups in total. The van der Waals surface area contributed by atoms with Crippen LogP contribution in [-0.2, 0) is 0 Å². The van der Waals surface area contributed by atoms with Gasteiger partial charge in [-0.3, -0.25) is 9.59 Å². The lowest BCUT2D eigenvalue weighted by molar-refractivity contribution is 0.102. The van der Waals surface area contributed by atoms with Crippen LogP contribution in [0.4, 0.5) is 0 Å². The molecule has 0 heterocycles. The summed E-state index contributed by atoms with van der Waals surface area (Å²) in [6.45, 7) is 0. The van der Waals surface area contributed by atoms with E-state index in [2.05, 4.69) is 0 Å². The lowest BCUT2D eigenvalue weighted by atomic mass is 9.99. The molecule has 5 heteroatoms. The number of carbonyl (C=O) groups is 2. The average Bonchev–Trinajstić information content (AvgIpc) is 2.35. The zero-order chi connectivity index (χ0) is 12.1. The largest absolute Gasteiger partial charge is 0.497 e. The number of Topliss-reactive ketones (excluding diaryl/α,β-unsaturated/α-hetero) is 1. The second-order valence-corrected chi connectivity index (χ2v) is 3.19. The van der Waals surface area contributed by atoms with Crippen LogP contribution in [0.5, 0.6) is 5.75 Å². The Morgan fingerprint density at radius 3 is 2.75 bits per heavy atom. The molecular formula is C11H8ClNO3. The van der Waals surface area contributed by atoms with E-state index in [1.165, 1.54) is 19.2 Å². The minimum absolute atomic E-state index is 0.0291. The maximum absolute atomic E-state index is 11.5. The highest BCUT2D eigenvalue weighted by Gasteiger charge is 2.16. The lowest BCUT2D eigenvalue weighted by Crippen LogP contribution is -2.06. The van der Waals surface area contributed by atoms with Gasteiger partial charge in [-0.2, -0.15) is 5.26 Å². The summed E-state index contributed by atoms with van der Waals surface area (Å²) in [4.78, 5) is 22.2. The van der Waals surface area contributed by atoms with E-state index in [0.29, 0.717) is 12.0 Å². The van der Waals surface area contributed by atoms with Crippen LogP contribution in [0, 0.1) is 11.3 Å². The summed E-state index contributed by atoms with van der Waals surface area (Å²) < 4.78 is 4.93. The Morgan fingerprint density at radius 1 is 1.62 bits per heavy atom. The number of alkyl halides is 1. The molecule has 4 nitrogen and oxygen atoms in total. The van der Waals surface area contributed by atoms with Gasteiger partial charge in [0.15, 0.2) is 12.1 Å². The maximum Gasteiger partial charge on any atom is 0.179 e. The minimum Gasteiger partial charge on any atom is -0.497 e. The minimum atomic E-state index is -0.416. The summed E-state index contributed by atoms with van der Waals surface area (Å²) in [5.74, 6) is -0.324. The van der Waals surface area contributed by atoms with E-state index in [1.54, 1.807) is 0 Å². The highest BCUT2D eigenvalue weighted by molar-refractivity contribution is 6.30. The number of hydrogen-bond acceptors (Lipinski definition) is 4. The molecule has 0 radical (unpaired) electrons. The molecule has 0 spiro atoms. The van der Waals surface area contributed by atoms with Crippen LogP contribution < -0.4 is 4.74 Å².